The summed E-state index contributed by atoms with van der Waals surface area (Å²) in [5.41, 5.74) is 5.19. The fraction of sp³-hybridized carbons (Fsp3) is 0.500. The first-order valence-corrected chi connectivity index (χ1v) is 6.87. The average Bonchev–Trinajstić information content (AvgIpc) is 2.41. The molecule has 1 aliphatic rings. The normalized spacial score (nSPS) is 22.9. The summed E-state index contributed by atoms with van der Waals surface area (Å²) in [6.07, 6.45) is 1.76. The molecule has 1 saturated heterocycles. The maximum absolute atomic E-state index is 14.2. The Bertz CT molecular complexity index is 538. The second-order valence-corrected chi connectivity index (χ2v) is 5.74. The lowest BCUT2D eigenvalue weighted by atomic mass is 9.94. The lowest BCUT2D eigenvalue weighted by Gasteiger charge is -2.40. The molecule has 6 heteroatoms. The third-order valence-corrected chi connectivity index (χ3v) is 4.04. The molecule has 0 bridgehead atoms. The van der Waals surface area contributed by atoms with Gasteiger partial charge in [-0.1, -0.05) is 12.2 Å². The molecule has 0 saturated carbocycles. The minimum atomic E-state index is -0.986. The molecule has 0 aliphatic carbocycles. The lowest BCUT2D eigenvalue weighted by Crippen LogP contribution is -2.47. The fourth-order valence-corrected chi connectivity index (χ4v) is 2.71. The van der Waals surface area contributed by atoms with Crippen molar-refractivity contribution < 1.29 is 13.5 Å². The van der Waals surface area contributed by atoms with Crippen LogP contribution in [0.15, 0.2) is 12.1 Å². The monoisotopic (exact) mass is 300 g/mol. The molecule has 110 valence electrons. The van der Waals surface area contributed by atoms with Gasteiger partial charge in [-0.2, -0.15) is 0 Å². The highest BCUT2D eigenvalue weighted by atomic mass is 32.1. The minimum absolute atomic E-state index is 0.0623. The van der Waals surface area contributed by atoms with E-state index in [9.17, 15) is 8.78 Å². The predicted molar refractivity (Wildman–Crippen MR) is 79.1 cm³/mol. The summed E-state index contributed by atoms with van der Waals surface area (Å²) in [7, 11) is 1.64. The molecule has 3 nitrogen and oxygen atoms in total. The van der Waals surface area contributed by atoms with Crippen molar-refractivity contribution in [3.63, 3.8) is 0 Å². The highest BCUT2D eigenvalue weighted by molar-refractivity contribution is 7.80. The Hall–Kier alpha value is -1.27. The van der Waals surface area contributed by atoms with E-state index in [4.69, 9.17) is 22.7 Å². The number of nitrogens with zero attached hydrogens (tertiary/aromatic N) is 1. The maximum Gasteiger partial charge on any atom is 0.182 e. The van der Waals surface area contributed by atoms with Gasteiger partial charge in [-0.3, -0.25) is 0 Å². The van der Waals surface area contributed by atoms with Gasteiger partial charge in [-0.05, 0) is 31.9 Å². The van der Waals surface area contributed by atoms with Crippen molar-refractivity contribution in [1.29, 1.82) is 0 Å². The summed E-state index contributed by atoms with van der Waals surface area (Å²) in [6, 6.07) is 2.95. The summed E-state index contributed by atoms with van der Waals surface area (Å²) in [5, 5.41) is 0. The Morgan fingerprint density at radius 1 is 1.40 bits per heavy atom. The van der Waals surface area contributed by atoms with Crippen molar-refractivity contribution in [3.05, 3.63) is 29.3 Å². The number of rotatable bonds is 3. The number of hydrogen-bond acceptors (Lipinski definition) is 3. The topological polar surface area (TPSA) is 38.5 Å². The first-order chi connectivity index (χ1) is 9.38. The van der Waals surface area contributed by atoms with Crippen molar-refractivity contribution in [2.45, 2.75) is 25.4 Å². The SMILES string of the molecule is COC1(C)CCCN(c2ccc(C(N)=S)c(F)c2F)C1. The van der Waals surface area contributed by atoms with Gasteiger partial charge in [0.05, 0.1) is 11.3 Å². The maximum atomic E-state index is 14.2. The number of halogens is 2. The van der Waals surface area contributed by atoms with Crippen molar-refractivity contribution >= 4 is 22.9 Å². The van der Waals surface area contributed by atoms with E-state index < -0.39 is 11.6 Å². The number of benzene rings is 1. The first-order valence-electron chi connectivity index (χ1n) is 6.46. The zero-order valence-corrected chi connectivity index (χ0v) is 12.4. The molecule has 1 aromatic rings. The molecule has 0 spiro atoms. The lowest BCUT2D eigenvalue weighted by molar-refractivity contribution is -0.00479. The fourth-order valence-electron chi connectivity index (χ4n) is 2.55. The molecule has 0 amide bonds. The van der Waals surface area contributed by atoms with Gasteiger partial charge in [0, 0.05) is 25.8 Å². The molecule has 1 unspecified atom stereocenters. The number of thiocarbonyl (C=S) groups is 1. The number of ether oxygens (including phenoxy) is 1. The van der Waals surface area contributed by atoms with Crippen LogP contribution in [0.25, 0.3) is 0 Å². The summed E-state index contributed by atoms with van der Waals surface area (Å²) >= 11 is 4.70. The molecule has 20 heavy (non-hydrogen) atoms. The standard InChI is InChI=1S/C14H18F2N2OS/c1-14(19-2)6-3-7-18(8-14)10-5-4-9(13(17)20)11(15)12(10)16/h4-5H,3,6-8H2,1-2H3,(H2,17,20). The van der Waals surface area contributed by atoms with Gasteiger partial charge in [-0.25, -0.2) is 8.78 Å². The van der Waals surface area contributed by atoms with Gasteiger partial charge in [0.2, 0.25) is 0 Å². The van der Waals surface area contributed by atoms with Crippen LogP contribution in [0, 0.1) is 11.6 Å². The third kappa shape index (κ3) is 2.76. The van der Waals surface area contributed by atoms with Crippen LogP contribution in [0.3, 0.4) is 0 Å². The van der Waals surface area contributed by atoms with Crippen LogP contribution in [0.2, 0.25) is 0 Å². The van der Waals surface area contributed by atoms with Gasteiger partial charge in [0.25, 0.3) is 0 Å². The number of piperidine rings is 1. The molecule has 1 aliphatic heterocycles. The summed E-state index contributed by atoms with van der Waals surface area (Å²) in [6.45, 7) is 3.16. The highest BCUT2D eigenvalue weighted by Crippen LogP contribution is 2.31. The van der Waals surface area contributed by atoms with E-state index in [0.29, 0.717) is 13.1 Å². The average molecular weight is 300 g/mol. The van der Waals surface area contributed by atoms with Crippen molar-refractivity contribution in [2.24, 2.45) is 5.73 Å². The molecule has 1 atom stereocenters. The molecule has 1 fully saturated rings. The Balaban J connectivity index is 2.34. The van der Waals surface area contributed by atoms with Crippen LogP contribution in [0.5, 0.6) is 0 Å². The van der Waals surface area contributed by atoms with Crippen LogP contribution in [0.4, 0.5) is 14.5 Å². The van der Waals surface area contributed by atoms with Gasteiger partial charge < -0.3 is 15.4 Å². The molecule has 2 N–H and O–H groups in total. The highest BCUT2D eigenvalue weighted by Gasteiger charge is 2.32. The number of anilines is 1. The Morgan fingerprint density at radius 3 is 2.70 bits per heavy atom. The molecule has 1 heterocycles. The second kappa shape index (κ2) is 5.61. The number of hydrogen-bond donors (Lipinski definition) is 1. The summed E-state index contributed by atoms with van der Waals surface area (Å²) < 4.78 is 33.6. The van der Waals surface area contributed by atoms with E-state index in [1.54, 1.807) is 12.0 Å². The van der Waals surface area contributed by atoms with Gasteiger partial charge in [-0.15, -0.1) is 0 Å². The Kier molecular flexibility index (Phi) is 4.25. The van der Waals surface area contributed by atoms with Gasteiger partial charge >= 0.3 is 0 Å². The Labute approximate surface area is 122 Å². The Morgan fingerprint density at radius 2 is 2.10 bits per heavy atom. The second-order valence-electron chi connectivity index (χ2n) is 5.30. The third-order valence-electron chi connectivity index (χ3n) is 3.82. The predicted octanol–water partition coefficient (Wildman–Crippen LogP) is 2.60. The van der Waals surface area contributed by atoms with Crippen LogP contribution >= 0.6 is 12.2 Å². The van der Waals surface area contributed by atoms with E-state index in [0.717, 1.165) is 12.8 Å². The van der Waals surface area contributed by atoms with E-state index in [-0.39, 0.29) is 21.8 Å². The molecular formula is C14H18F2N2OS. The van der Waals surface area contributed by atoms with Crippen molar-refractivity contribution in [3.8, 4) is 0 Å². The van der Waals surface area contributed by atoms with Gasteiger partial charge in [0.1, 0.15) is 4.99 Å². The van der Waals surface area contributed by atoms with Crippen LogP contribution in [0.1, 0.15) is 25.3 Å². The number of nitrogens with two attached hydrogens (primary N) is 1. The van der Waals surface area contributed by atoms with Crippen molar-refractivity contribution in [2.75, 3.05) is 25.1 Å². The van der Waals surface area contributed by atoms with Crippen LogP contribution in [-0.2, 0) is 4.74 Å². The van der Waals surface area contributed by atoms with E-state index in [2.05, 4.69) is 0 Å². The van der Waals surface area contributed by atoms with E-state index in [1.807, 2.05) is 6.92 Å². The molecule has 2 rings (SSSR count). The largest absolute Gasteiger partial charge is 0.389 e. The molecule has 1 aromatic carbocycles. The molecular weight excluding hydrogens is 282 g/mol. The van der Waals surface area contributed by atoms with E-state index in [1.165, 1.54) is 12.1 Å². The summed E-state index contributed by atoms with van der Waals surface area (Å²) in [4.78, 5) is 1.66. The zero-order chi connectivity index (χ0) is 14.9. The zero-order valence-electron chi connectivity index (χ0n) is 11.6. The number of methoxy groups -OCH3 is 1. The van der Waals surface area contributed by atoms with Crippen LogP contribution in [-0.4, -0.2) is 30.8 Å². The van der Waals surface area contributed by atoms with E-state index >= 15 is 0 Å². The minimum Gasteiger partial charge on any atom is -0.389 e. The van der Waals surface area contributed by atoms with Gasteiger partial charge in [0.15, 0.2) is 11.6 Å². The van der Waals surface area contributed by atoms with Crippen molar-refractivity contribution in [1.82, 2.24) is 0 Å². The molecule has 0 radical (unpaired) electrons. The quantitative estimate of drug-likeness (QED) is 0.871. The molecule has 0 aromatic heterocycles. The summed E-state index contributed by atoms with van der Waals surface area (Å²) in [5.74, 6) is -1.89. The van der Waals surface area contributed by atoms with Crippen LogP contribution < -0.4 is 10.6 Å². The first kappa shape index (κ1) is 15.1. The smallest absolute Gasteiger partial charge is 0.182 e.